The van der Waals surface area contributed by atoms with E-state index in [1.165, 1.54) is 85.6 Å². The molecule has 8 rings (SSSR count). The van der Waals surface area contributed by atoms with E-state index in [4.69, 9.17) is 0 Å². The summed E-state index contributed by atoms with van der Waals surface area (Å²) in [5, 5.41) is 6.00. The summed E-state index contributed by atoms with van der Waals surface area (Å²) in [6.07, 6.45) is 35.1. The maximum absolute atomic E-state index is 2.57. The molecule has 0 aliphatic heterocycles. The summed E-state index contributed by atoms with van der Waals surface area (Å²) in [5.74, 6) is 0.717. The number of hydrogen-bond donors (Lipinski definition) is 0. The van der Waals surface area contributed by atoms with Gasteiger partial charge in [0.2, 0.25) is 0 Å². The largest absolute Gasteiger partial charge is 0.0842 e. The zero-order chi connectivity index (χ0) is 25.1. The fourth-order valence-corrected chi connectivity index (χ4v) is 7.94. The maximum Gasteiger partial charge on any atom is -0.00676 e. The van der Waals surface area contributed by atoms with Crippen LogP contribution in [-0.2, 0) is 0 Å². The van der Waals surface area contributed by atoms with Gasteiger partial charge in [-0.15, -0.1) is 0 Å². The molecule has 0 nitrogen and oxygen atoms in total. The first-order valence-electron chi connectivity index (χ1n) is 15.0. The molecule has 0 spiro atoms. The highest BCUT2D eigenvalue weighted by Gasteiger charge is 2.25. The molecular formula is C38H36. The van der Waals surface area contributed by atoms with Gasteiger partial charge in [0.25, 0.3) is 0 Å². The molecule has 1 unspecified atom stereocenters. The molecule has 188 valence electrons. The lowest BCUT2D eigenvalue weighted by Crippen LogP contribution is -2.26. The predicted molar refractivity (Wildman–Crippen MR) is 162 cm³/mol. The number of allylic oxidation sites excluding steroid dienone is 14. The van der Waals surface area contributed by atoms with Crippen LogP contribution in [0.3, 0.4) is 0 Å². The Morgan fingerprint density at radius 1 is 0.605 bits per heavy atom. The van der Waals surface area contributed by atoms with Crippen LogP contribution in [0.5, 0.6) is 0 Å². The van der Waals surface area contributed by atoms with Crippen molar-refractivity contribution >= 4 is 28.5 Å². The van der Waals surface area contributed by atoms with Crippen molar-refractivity contribution in [2.24, 2.45) is 0 Å². The van der Waals surface area contributed by atoms with Gasteiger partial charge in [0.1, 0.15) is 0 Å². The summed E-state index contributed by atoms with van der Waals surface area (Å²) in [6, 6.07) is 9.53. The fraction of sp³-hybridized carbons (Fsp3) is 0.316. The van der Waals surface area contributed by atoms with Crippen molar-refractivity contribution in [1.29, 1.82) is 0 Å². The lowest BCUT2D eigenvalue weighted by atomic mass is 9.76. The first kappa shape index (κ1) is 22.6. The van der Waals surface area contributed by atoms with Crippen LogP contribution >= 0.6 is 0 Å². The van der Waals surface area contributed by atoms with Gasteiger partial charge in [-0.2, -0.15) is 0 Å². The van der Waals surface area contributed by atoms with E-state index in [0.29, 0.717) is 5.92 Å². The third-order valence-electron chi connectivity index (χ3n) is 9.97. The third-order valence-corrected chi connectivity index (χ3v) is 9.97. The summed E-state index contributed by atoms with van der Waals surface area (Å²) in [5.41, 5.74) is 14.2. The van der Waals surface area contributed by atoms with Gasteiger partial charge >= 0.3 is 0 Å². The molecule has 0 heteroatoms. The molecule has 38 heavy (non-hydrogen) atoms. The average molecular weight is 493 g/mol. The number of rotatable bonds is 3. The van der Waals surface area contributed by atoms with Crippen LogP contribution < -0.4 is 10.4 Å². The Morgan fingerprint density at radius 3 is 2.16 bits per heavy atom. The summed E-state index contributed by atoms with van der Waals surface area (Å²) in [4.78, 5) is 0. The molecule has 0 bridgehead atoms. The topological polar surface area (TPSA) is 0 Å². The molecule has 0 fully saturated rings. The maximum atomic E-state index is 2.57. The van der Waals surface area contributed by atoms with Crippen LogP contribution in [0.2, 0.25) is 0 Å². The molecule has 0 N–H and O–H groups in total. The summed E-state index contributed by atoms with van der Waals surface area (Å²) >= 11 is 0. The Morgan fingerprint density at radius 2 is 1.34 bits per heavy atom. The van der Waals surface area contributed by atoms with E-state index < -0.39 is 0 Å². The lowest BCUT2D eigenvalue weighted by molar-refractivity contribution is 0.646. The summed E-state index contributed by atoms with van der Waals surface area (Å²) < 4.78 is 0. The van der Waals surface area contributed by atoms with Crippen molar-refractivity contribution in [3.05, 3.63) is 122 Å². The van der Waals surface area contributed by atoms with Crippen molar-refractivity contribution in [2.45, 2.75) is 76.5 Å². The Labute approximate surface area is 226 Å². The van der Waals surface area contributed by atoms with Gasteiger partial charge in [0.15, 0.2) is 0 Å². The minimum atomic E-state index is 0.717. The molecular weight excluding hydrogens is 456 g/mol. The predicted octanol–water partition coefficient (Wildman–Crippen LogP) is 8.80. The normalized spacial score (nSPS) is 23.9. The number of benzene rings is 2. The van der Waals surface area contributed by atoms with Crippen LogP contribution in [0.25, 0.3) is 28.5 Å². The molecule has 2 aromatic carbocycles. The standard InChI is InChI=1S/C38H36/c1-2-5-25(6-3-1)26-9-11-27(12-10-26)31-15-16-33-24-34(18-17-32(33)23-31)35-21-19-30-14-13-28-7-4-8-29-20-22-36(35)38(30)37(28)29/h1-2,5,7,9,11,13-14,19,21-24,29H,3-4,6,8,10,12,15-18,20H2. The summed E-state index contributed by atoms with van der Waals surface area (Å²) in [6.45, 7) is 0. The van der Waals surface area contributed by atoms with Crippen molar-refractivity contribution in [3.8, 4) is 0 Å². The second-order valence-electron chi connectivity index (χ2n) is 12.0. The van der Waals surface area contributed by atoms with Gasteiger partial charge in [-0.05, 0) is 148 Å². The van der Waals surface area contributed by atoms with Gasteiger partial charge in [-0.3, -0.25) is 0 Å². The molecule has 0 amide bonds. The SMILES string of the molecule is C1=CCCC(C2=CC=C(C3=CC4=C(C=C(c5ccc6ccc7c8c6c5=CCC8CCC=7)CC4)CC3)CC2)=C1. The van der Waals surface area contributed by atoms with Crippen LogP contribution in [-0.4, -0.2) is 0 Å². The molecule has 0 radical (unpaired) electrons. The second-order valence-corrected chi connectivity index (χ2v) is 12.0. The Bertz CT molecular complexity index is 1720. The number of hydrogen-bond acceptors (Lipinski definition) is 0. The molecule has 0 saturated heterocycles. The Kier molecular flexibility index (Phi) is 5.42. The van der Waals surface area contributed by atoms with Gasteiger partial charge in [0, 0.05) is 0 Å². The van der Waals surface area contributed by atoms with E-state index in [2.05, 4.69) is 78.9 Å². The first-order valence-corrected chi connectivity index (χ1v) is 15.0. The average Bonchev–Trinajstić information content (AvgIpc) is 3.00. The fourth-order valence-electron chi connectivity index (χ4n) is 7.94. The minimum Gasteiger partial charge on any atom is -0.0842 e. The van der Waals surface area contributed by atoms with E-state index in [1.54, 1.807) is 50.0 Å². The Hall–Kier alpha value is -3.38. The van der Waals surface area contributed by atoms with Crippen LogP contribution in [0.4, 0.5) is 0 Å². The molecule has 0 aromatic heterocycles. The monoisotopic (exact) mass is 492 g/mol. The third kappa shape index (κ3) is 3.72. The van der Waals surface area contributed by atoms with E-state index in [1.807, 2.05) is 0 Å². The quantitative estimate of drug-likeness (QED) is 0.402. The highest BCUT2D eigenvalue weighted by Crippen LogP contribution is 2.41. The summed E-state index contributed by atoms with van der Waals surface area (Å²) in [7, 11) is 0. The van der Waals surface area contributed by atoms with Gasteiger partial charge in [-0.1, -0.05) is 78.9 Å². The zero-order valence-electron chi connectivity index (χ0n) is 22.4. The van der Waals surface area contributed by atoms with Crippen LogP contribution in [0.1, 0.15) is 87.7 Å². The minimum absolute atomic E-state index is 0.717. The van der Waals surface area contributed by atoms with Gasteiger partial charge in [-0.25, -0.2) is 0 Å². The van der Waals surface area contributed by atoms with Crippen molar-refractivity contribution in [2.75, 3.05) is 0 Å². The smallest absolute Gasteiger partial charge is 0.00676 e. The van der Waals surface area contributed by atoms with Crippen LogP contribution in [0.15, 0.2) is 100 Å². The van der Waals surface area contributed by atoms with E-state index >= 15 is 0 Å². The lowest BCUT2D eigenvalue weighted by Gasteiger charge is -2.28. The first-order chi connectivity index (χ1) is 18.8. The Balaban J connectivity index is 1.13. The van der Waals surface area contributed by atoms with Gasteiger partial charge in [0.05, 0.1) is 0 Å². The molecule has 6 aliphatic carbocycles. The van der Waals surface area contributed by atoms with Gasteiger partial charge < -0.3 is 0 Å². The highest BCUT2D eigenvalue weighted by atomic mass is 14.3. The molecule has 0 saturated carbocycles. The van der Waals surface area contributed by atoms with E-state index in [-0.39, 0.29) is 0 Å². The van der Waals surface area contributed by atoms with Crippen molar-refractivity contribution in [3.63, 3.8) is 0 Å². The molecule has 6 aliphatic rings. The molecule has 2 aromatic rings. The van der Waals surface area contributed by atoms with E-state index in [9.17, 15) is 0 Å². The van der Waals surface area contributed by atoms with E-state index in [0.717, 1.165) is 6.42 Å². The molecule has 1 atom stereocenters. The highest BCUT2D eigenvalue weighted by molar-refractivity contribution is 5.93. The zero-order valence-corrected chi connectivity index (χ0v) is 22.4. The van der Waals surface area contributed by atoms with Crippen molar-refractivity contribution < 1.29 is 0 Å². The van der Waals surface area contributed by atoms with Crippen molar-refractivity contribution in [1.82, 2.24) is 0 Å². The molecule has 0 heterocycles. The second kappa shape index (κ2) is 9.12. The van der Waals surface area contributed by atoms with Crippen LogP contribution in [0, 0.1) is 0 Å².